The first-order valence-electron chi connectivity index (χ1n) is 13.6. The molecule has 0 radical (unpaired) electrons. The first kappa shape index (κ1) is 30.9. The monoisotopic (exact) mass is 563 g/mol. The Kier molecular flexibility index (Phi) is 10.5. The van der Waals surface area contributed by atoms with Crippen molar-refractivity contribution in [3.05, 3.63) is 101 Å². The maximum absolute atomic E-state index is 14.2. The molecule has 0 aliphatic rings. The normalized spacial score (nSPS) is 12.8. The van der Waals surface area contributed by atoms with E-state index in [0.29, 0.717) is 12.1 Å². The van der Waals surface area contributed by atoms with Crippen molar-refractivity contribution >= 4 is 27.5 Å². The predicted molar refractivity (Wildman–Crippen MR) is 162 cm³/mol. The van der Waals surface area contributed by atoms with E-state index >= 15 is 0 Å². The Balaban J connectivity index is 2.08. The molecule has 0 aliphatic heterocycles. The Hall–Kier alpha value is -3.65. The quantitative estimate of drug-likeness (QED) is 0.339. The van der Waals surface area contributed by atoms with Crippen LogP contribution < -0.4 is 9.62 Å². The second-order valence-corrected chi connectivity index (χ2v) is 12.6. The fourth-order valence-electron chi connectivity index (χ4n) is 4.71. The molecule has 3 rings (SSSR count). The molecule has 0 unspecified atom stereocenters. The van der Waals surface area contributed by atoms with Gasteiger partial charge in [-0.15, -0.1) is 0 Å². The van der Waals surface area contributed by atoms with E-state index in [2.05, 4.69) is 5.32 Å². The van der Waals surface area contributed by atoms with Crippen LogP contribution in [0.5, 0.6) is 0 Å². The van der Waals surface area contributed by atoms with E-state index in [-0.39, 0.29) is 18.5 Å². The van der Waals surface area contributed by atoms with Crippen molar-refractivity contribution in [2.75, 3.05) is 17.1 Å². The van der Waals surface area contributed by atoms with Crippen LogP contribution in [0.1, 0.15) is 48.1 Å². The summed E-state index contributed by atoms with van der Waals surface area (Å²) in [6.45, 7) is 9.40. The van der Waals surface area contributed by atoms with Crippen molar-refractivity contribution < 1.29 is 18.0 Å². The lowest BCUT2D eigenvalue weighted by atomic mass is 10.0. The first-order valence-corrected chi connectivity index (χ1v) is 15.5. The highest BCUT2D eigenvalue weighted by molar-refractivity contribution is 7.92. The smallest absolute Gasteiger partial charge is 0.244 e. The molecule has 7 nitrogen and oxygen atoms in total. The van der Waals surface area contributed by atoms with Gasteiger partial charge in [-0.2, -0.15) is 0 Å². The molecule has 0 aliphatic carbocycles. The van der Waals surface area contributed by atoms with Crippen LogP contribution in [0.25, 0.3) is 0 Å². The molecule has 0 heterocycles. The van der Waals surface area contributed by atoms with Gasteiger partial charge in [0.25, 0.3) is 0 Å². The molecule has 3 aromatic carbocycles. The highest BCUT2D eigenvalue weighted by atomic mass is 32.2. The van der Waals surface area contributed by atoms with E-state index in [9.17, 15) is 18.0 Å². The highest BCUT2D eigenvalue weighted by Crippen LogP contribution is 2.23. The van der Waals surface area contributed by atoms with E-state index in [1.165, 1.54) is 4.90 Å². The summed E-state index contributed by atoms with van der Waals surface area (Å²) in [7, 11) is -3.80. The average molecular weight is 564 g/mol. The summed E-state index contributed by atoms with van der Waals surface area (Å²) < 4.78 is 27.1. The Labute approximate surface area is 239 Å². The fraction of sp³-hybridized carbons (Fsp3) is 0.375. The van der Waals surface area contributed by atoms with Crippen molar-refractivity contribution in [2.24, 2.45) is 0 Å². The van der Waals surface area contributed by atoms with Crippen LogP contribution in [0.15, 0.2) is 72.8 Å². The van der Waals surface area contributed by atoms with Crippen molar-refractivity contribution in [1.29, 1.82) is 0 Å². The number of hydrogen-bond donors (Lipinski definition) is 1. The lowest BCUT2D eigenvalue weighted by Crippen LogP contribution is -2.54. The summed E-state index contributed by atoms with van der Waals surface area (Å²) in [5, 5.41) is 3.05. The summed E-state index contributed by atoms with van der Waals surface area (Å²) in [5.74, 6) is -0.720. The van der Waals surface area contributed by atoms with Gasteiger partial charge in [-0.1, -0.05) is 73.2 Å². The lowest BCUT2D eigenvalue weighted by molar-refractivity contribution is -0.140. The van der Waals surface area contributed by atoms with Gasteiger partial charge in [0.2, 0.25) is 21.8 Å². The number of amides is 2. The number of rotatable bonds is 12. The number of aryl methyl sites for hydroxylation is 3. The molecule has 2 atom stereocenters. The topological polar surface area (TPSA) is 86.8 Å². The molecule has 40 heavy (non-hydrogen) atoms. The van der Waals surface area contributed by atoms with Gasteiger partial charge in [-0.25, -0.2) is 8.42 Å². The largest absolute Gasteiger partial charge is 0.352 e. The van der Waals surface area contributed by atoms with Crippen molar-refractivity contribution in [3.8, 4) is 0 Å². The molecule has 214 valence electrons. The average Bonchev–Trinajstić information content (AvgIpc) is 2.88. The fourth-order valence-corrected chi connectivity index (χ4v) is 5.54. The maximum Gasteiger partial charge on any atom is 0.244 e. The van der Waals surface area contributed by atoms with Gasteiger partial charge in [-0.3, -0.25) is 13.9 Å². The molecule has 0 fully saturated rings. The Morgan fingerprint density at radius 1 is 0.850 bits per heavy atom. The molecular formula is C32H41N3O4S. The van der Waals surface area contributed by atoms with E-state index in [1.807, 2.05) is 95.3 Å². The lowest BCUT2D eigenvalue weighted by Gasteiger charge is -2.34. The summed E-state index contributed by atoms with van der Waals surface area (Å²) in [6, 6.07) is 21.9. The zero-order valence-corrected chi connectivity index (χ0v) is 25.2. The van der Waals surface area contributed by atoms with Crippen LogP contribution in [0.3, 0.4) is 0 Å². The Bertz CT molecular complexity index is 1400. The van der Waals surface area contributed by atoms with Gasteiger partial charge in [0.15, 0.2) is 0 Å². The number of hydrogen-bond acceptors (Lipinski definition) is 4. The molecule has 8 heteroatoms. The Morgan fingerprint density at radius 3 is 2.05 bits per heavy atom. The standard InChI is InChI=1S/C32H41N3O4S/c1-7-26(5)33-32(37)30(20-27-13-9-8-10-14-27)34(21-28-15-11-12-23(2)17-28)31(36)22-35(40(6,38)39)29-18-24(3)16-25(4)19-29/h8-19,26,30H,7,20-22H2,1-6H3,(H,33,37)/t26-,30-/m1/s1. The minimum absolute atomic E-state index is 0.0792. The van der Waals surface area contributed by atoms with Gasteiger partial charge in [0.1, 0.15) is 12.6 Å². The number of nitrogens with zero attached hydrogens (tertiary/aromatic N) is 2. The zero-order chi connectivity index (χ0) is 29.4. The summed E-state index contributed by atoms with van der Waals surface area (Å²) >= 11 is 0. The minimum Gasteiger partial charge on any atom is -0.352 e. The van der Waals surface area contributed by atoms with Crippen molar-refractivity contribution in [3.63, 3.8) is 0 Å². The molecule has 0 spiro atoms. The number of nitrogens with one attached hydrogen (secondary N) is 1. The predicted octanol–water partition coefficient (Wildman–Crippen LogP) is 4.93. The first-order chi connectivity index (χ1) is 18.9. The van der Waals surface area contributed by atoms with E-state index in [4.69, 9.17) is 0 Å². The molecule has 2 amide bonds. The summed E-state index contributed by atoms with van der Waals surface area (Å²) in [6.07, 6.45) is 2.13. The second kappa shape index (κ2) is 13.6. The number of anilines is 1. The maximum atomic E-state index is 14.2. The molecule has 0 saturated heterocycles. The van der Waals surface area contributed by atoms with Crippen molar-refractivity contribution in [1.82, 2.24) is 10.2 Å². The van der Waals surface area contributed by atoms with Gasteiger partial charge < -0.3 is 10.2 Å². The third-order valence-corrected chi connectivity index (χ3v) is 8.02. The van der Waals surface area contributed by atoms with E-state index in [0.717, 1.165) is 44.8 Å². The molecular weight excluding hydrogens is 522 g/mol. The zero-order valence-electron chi connectivity index (χ0n) is 24.3. The van der Waals surface area contributed by atoms with Gasteiger partial charge >= 0.3 is 0 Å². The second-order valence-electron chi connectivity index (χ2n) is 10.6. The van der Waals surface area contributed by atoms with Gasteiger partial charge in [0, 0.05) is 19.0 Å². The number of carbonyl (C=O) groups is 2. The van der Waals surface area contributed by atoms with Crippen LogP contribution in [0.4, 0.5) is 5.69 Å². The van der Waals surface area contributed by atoms with Gasteiger partial charge in [-0.05, 0) is 68.5 Å². The van der Waals surface area contributed by atoms with Crippen LogP contribution in [-0.4, -0.2) is 50.0 Å². The van der Waals surface area contributed by atoms with Crippen molar-refractivity contribution in [2.45, 2.75) is 66.1 Å². The molecule has 0 saturated carbocycles. The number of carbonyl (C=O) groups excluding carboxylic acids is 2. The van der Waals surface area contributed by atoms with E-state index in [1.54, 1.807) is 12.1 Å². The van der Waals surface area contributed by atoms with E-state index < -0.39 is 28.5 Å². The number of benzene rings is 3. The third kappa shape index (κ3) is 8.68. The number of sulfonamides is 1. The van der Waals surface area contributed by atoms with Crippen LogP contribution >= 0.6 is 0 Å². The van der Waals surface area contributed by atoms with Crippen LogP contribution in [0, 0.1) is 20.8 Å². The van der Waals surface area contributed by atoms with Gasteiger partial charge in [0.05, 0.1) is 11.9 Å². The summed E-state index contributed by atoms with van der Waals surface area (Å²) in [4.78, 5) is 29.4. The molecule has 0 bridgehead atoms. The highest BCUT2D eigenvalue weighted by Gasteiger charge is 2.33. The summed E-state index contributed by atoms with van der Waals surface area (Å²) in [5.41, 5.74) is 5.00. The molecule has 0 aromatic heterocycles. The molecule has 3 aromatic rings. The third-order valence-electron chi connectivity index (χ3n) is 6.88. The minimum atomic E-state index is -3.80. The molecule has 1 N–H and O–H groups in total. The Morgan fingerprint density at radius 2 is 1.48 bits per heavy atom. The van der Waals surface area contributed by atoms with Crippen LogP contribution in [0.2, 0.25) is 0 Å². The van der Waals surface area contributed by atoms with Crippen LogP contribution in [-0.2, 0) is 32.6 Å². The SMILES string of the molecule is CC[C@@H](C)NC(=O)[C@@H](Cc1ccccc1)N(Cc1cccc(C)c1)C(=O)CN(c1cc(C)cc(C)c1)S(C)(=O)=O.